The molecule has 2 heterocycles. The predicted molar refractivity (Wildman–Crippen MR) is 128 cm³/mol. The number of ether oxygens (including phenoxy) is 1. The summed E-state index contributed by atoms with van der Waals surface area (Å²) in [6.07, 6.45) is 0.145. The van der Waals surface area contributed by atoms with Crippen LogP contribution in [0.2, 0.25) is 0 Å². The molecule has 0 aromatic heterocycles. The summed E-state index contributed by atoms with van der Waals surface area (Å²) in [4.78, 5) is 51.6. The van der Waals surface area contributed by atoms with Crippen LogP contribution in [0.15, 0.2) is 70.1 Å². The summed E-state index contributed by atoms with van der Waals surface area (Å²) in [7, 11) is 0. The molecule has 2 aromatic carbocycles. The summed E-state index contributed by atoms with van der Waals surface area (Å²) >= 11 is 2.65. The van der Waals surface area contributed by atoms with E-state index in [0.29, 0.717) is 16.2 Å². The highest BCUT2D eigenvalue weighted by molar-refractivity contribution is 8.06. The molecule has 0 saturated carbocycles. The number of hydrogen-bond acceptors (Lipinski definition) is 7. The number of thioether (sulfide) groups is 2. The second kappa shape index (κ2) is 10.4. The van der Waals surface area contributed by atoms with Crippen molar-refractivity contribution in [2.75, 3.05) is 12.4 Å². The minimum absolute atomic E-state index is 0.0678. The van der Waals surface area contributed by atoms with Gasteiger partial charge in [-0.3, -0.25) is 14.5 Å². The fourth-order valence-electron chi connectivity index (χ4n) is 3.69. The van der Waals surface area contributed by atoms with E-state index in [2.05, 4.69) is 5.32 Å². The molecule has 176 valence electrons. The van der Waals surface area contributed by atoms with Gasteiger partial charge in [0.15, 0.2) is 0 Å². The van der Waals surface area contributed by atoms with Crippen LogP contribution in [0.4, 0.5) is 0 Å². The minimum Gasteiger partial charge on any atom is -0.477 e. The van der Waals surface area contributed by atoms with Crippen LogP contribution in [-0.4, -0.2) is 57.5 Å². The van der Waals surface area contributed by atoms with Crippen LogP contribution in [0, 0.1) is 0 Å². The first kappa shape index (κ1) is 23.9. The van der Waals surface area contributed by atoms with Crippen molar-refractivity contribution in [2.24, 2.45) is 0 Å². The number of amides is 2. The lowest BCUT2D eigenvalue weighted by molar-refractivity contribution is -0.150. The van der Waals surface area contributed by atoms with Crippen molar-refractivity contribution in [1.29, 1.82) is 0 Å². The molecule has 1 fully saturated rings. The van der Waals surface area contributed by atoms with Gasteiger partial charge in [0.1, 0.15) is 17.1 Å². The summed E-state index contributed by atoms with van der Waals surface area (Å²) in [5.41, 5.74) is 1.17. The SMILES string of the molecule is CCOC(=O)c1ccc(SC2=C(C(=O)O)N3C(=O)[C@@H](NC(=O)Cc4ccccc4)[C@@H]3SC2)cc1. The number of β-lactam (4-membered cyclic amide) rings is 1. The number of nitrogens with zero attached hydrogens (tertiary/aromatic N) is 1. The van der Waals surface area contributed by atoms with Crippen molar-refractivity contribution in [3.8, 4) is 0 Å². The normalized spacial score (nSPS) is 19.2. The van der Waals surface area contributed by atoms with Crippen LogP contribution in [0.5, 0.6) is 0 Å². The fourth-order valence-corrected chi connectivity index (χ4v) is 6.16. The molecule has 2 amide bonds. The zero-order valence-corrected chi connectivity index (χ0v) is 19.9. The highest BCUT2D eigenvalue weighted by atomic mass is 32.2. The first-order chi connectivity index (χ1) is 16.4. The maximum Gasteiger partial charge on any atom is 0.353 e. The molecular formula is C24H22N2O6S2. The van der Waals surface area contributed by atoms with Crippen molar-refractivity contribution < 1.29 is 29.0 Å². The molecule has 1 saturated heterocycles. The molecule has 34 heavy (non-hydrogen) atoms. The van der Waals surface area contributed by atoms with E-state index >= 15 is 0 Å². The van der Waals surface area contributed by atoms with Crippen LogP contribution in [0.3, 0.4) is 0 Å². The van der Waals surface area contributed by atoms with E-state index in [1.165, 1.54) is 28.4 Å². The number of carbonyl (C=O) groups is 4. The summed E-state index contributed by atoms with van der Waals surface area (Å²) in [5, 5.41) is 12.1. The molecule has 2 aliphatic heterocycles. The number of fused-ring (bicyclic) bond motifs is 1. The van der Waals surface area contributed by atoms with Crippen LogP contribution in [0.25, 0.3) is 0 Å². The molecule has 0 unspecified atom stereocenters. The van der Waals surface area contributed by atoms with Crippen molar-refractivity contribution in [3.63, 3.8) is 0 Å². The molecule has 8 nitrogen and oxygen atoms in total. The second-order valence-corrected chi connectivity index (χ2v) is 9.81. The molecule has 2 N–H and O–H groups in total. The van der Waals surface area contributed by atoms with Crippen LogP contribution in [-0.2, 0) is 25.5 Å². The van der Waals surface area contributed by atoms with Gasteiger partial charge in [-0.05, 0) is 36.8 Å². The molecule has 2 aromatic rings. The second-order valence-electron chi connectivity index (χ2n) is 7.54. The Balaban J connectivity index is 1.45. The zero-order valence-electron chi connectivity index (χ0n) is 18.2. The number of aliphatic carboxylic acids is 1. The molecular weight excluding hydrogens is 476 g/mol. The minimum atomic E-state index is -1.20. The Morgan fingerprint density at radius 3 is 2.50 bits per heavy atom. The molecule has 4 rings (SSSR count). The molecule has 2 atom stereocenters. The Morgan fingerprint density at radius 2 is 1.85 bits per heavy atom. The van der Waals surface area contributed by atoms with E-state index in [1.807, 2.05) is 30.3 Å². The number of nitrogens with one attached hydrogen (secondary N) is 1. The summed E-state index contributed by atoms with van der Waals surface area (Å²) in [6.45, 7) is 2.01. The molecule has 0 spiro atoms. The quantitative estimate of drug-likeness (QED) is 0.422. The van der Waals surface area contributed by atoms with Gasteiger partial charge in [0.05, 0.1) is 18.6 Å². The third-order valence-electron chi connectivity index (χ3n) is 5.27. The number of rotatable bonds is 8. The van der Waals surface area contributed by atoms with Gasteiger partial charge in [0.2, 0.25) is 5.91 Å². The van der Waals surface area contributed by atoms with E-state index in [4.69, 9.17) is 4.74 Å². The monoisotopic (exact) mass is 498 g/mol. The average Bonchev–Trinajstić information content (AvgIpc) is 2.83. The van der Waals surface area contributed by atoms with Crippen molar-refractivity contribution in [3.05, 3.63) is 76.3 Å². The van der Waals surface area contributed by atoms with E-state index in [0.717, 1.165) is 10.5 Å². The Labute approximate surface area is 204 Å². The number of esters is 1. The maximum absolute atomic E-state index is 12.8. The van der Waals surface area contributed by atoms with Gasteiger partial charge in [-0.1, -0.05) is 42.1 Å². The Kier molecular flexibility index (Phi) is 7.28. The Morgan fingerprint density at radius 1 is 1.15 bits per heavy atom. The van der Waals surface area contributed by atoms with Crippen LogP contribution in [0.1, 0.15) is 22.8 Å². The highest BCUT2D eigenvalue weighted by Gasteiger charge is 2.54. The van der Waals surface area contributed by atoms with Crippen molar-refractivity contribution in [1.82, 2.24) is 10.2 Å². The number of carboxylic acids is 1. The van der Waals surface area contributed by atoms with E-state index < -0.39 is 29.3 Å². The third-order valence-corrected chi connectivity index (χ3v) is 7.82. The first-order valence-electron chi connectivity index (χ1n) is 10.6. The summed E-state index contributed by atoms with van der Waals surface area (Å²) in [6, 6.07) is 15.1. The first-order valence-corrected chi connectivity index (χ1v) is 12.4. The molecule has 0 aliphatic carbocycles. The van der Waals surface area contributed by atoms with Crippen molar-refractivity contribution >= 4 is 47.3 Å². The largest absolute Gasteiger partial charge is 0.477 e. The van der Waals surface area contributed by atoms with Gasteiger partial charge in [0.25, 0.3) is 5.91 Å². The zero-order chi connectivity index (χ0) is 24.2. The average molecular weight is 499 g/mol. The van der Waals surface area contributed by atoms with Gasteiger partial charge in [0, 0.05) is 15.6 Å². The van der Waals surface area contributed by atoms with E-state index in [-0.39, 0.29) is 24.6 Å². The number of hydrogen-bond donors (Lipinski definition) is 2. The van der Waals surface area contributed by atoms with Gasteiger partial charge in [-0.15, -0.1) is 11.8 Å². The molecule has 0 bridgehead atoms. The standard InChI is InChI=1S/C24H22N2O6S2/c1-2-32-24(31)15-8-10-16(11-9-15)34-17-13-33-22-19(21(28)26(22)20(17)23(29)30)25-18(27)12-14-6-4-3-5-7-14/h3-11,19,22H,2,12-13H2,1H3,(H,25,27)(H,29,30)/t19-,22+/m1/s1. The lowest BCUT2D eigenvalue weighted by Crippen LogP contribution is -2.70. The number of carbonyl (C=O) groups excluding carboxylic acids is 3. The van der Waals surface area contributed by atoms with Gasteiger partial charge in [-0.25, -0.2) is 9.59 Å². The Bertz CT molecular complexity index is 1150. The highest BCUT2D eigenvalue weighted by Crippen LogP contribution is 2.45. The lowest BCUT2D eigenvalue weighted by Gasteiger charge is -2.49. The van der Waals surface area contributed by atoms with Crippen LogP contribution >= 0.6 is 23.5 Å². The Hall–Kier alpha value is -3.24. The van der Waals surface area contributed by atoms with Gasteiger partial charge < -0.3 is 15.2 Å². The summed E-state index contributed by atoms with van der Waals surface area (Å²) in [5.74, 6) is -1.96. The third kappa shape index (κ3) is 4.97. The molecule has 0 radical (unpaired) electrons. The topological polar surface area (TPSA) is 113 Å². The smallest absolute Gasteiger partial charge is 0.353 e. The predicted octanol–water partition coefficient (Wildman–Crippen LogP) is 2.89. The van der Waals surface area contributed by atoms with Crippen LogP contribution < -0.4 is 5.32 Å². The van der Waals surface area contributed by atoms with Crippen molar-refractivity contribution in [2.45, 2.75) is 29.7 Å². The molecule has 2 aliphatic rings. The van der Waals surface area contributed by atoms with E-state index in [1.54, 1.807) is 31.2 Å². The van der Waals surface area contributed by atoms with E-state index in [9.17, 15) is 24.3 Å². The maximum atomic E-state index is 12.8. The number of carboxylic acid groups (broad SMARTS) is 1. The van der Waals surface area contributed by atoms with Gasteiger partial charge in [-0.2, -0.15) is 0 Å². The van der Waals surface area contributed by atoms with Gasteiger partial charge >= 0.3 is 11.9 Å². The summed E-state index contributed by atoms with van der Waals surface area (Å²) < 4.78 is 4.97. The fraction of sp³-hybridized carbons (Fsp3) is 0.250. The number of benzene rings is 2. The molecule has 10 heteroatoms. The lowest BCUT2D eigenvalue weighted by atomic mass is 10.0.